The summed E-state index contributed by atoms with van der Waals surface area (Å²) in [5.74, 6) is -1.57. The standard InChI is InChI=1S/C24H33NO7/c1-16-15-24(30)32-18(3)21(27)9-11-22(28)25(14-13-19-7-5-4-6-8-19)17(2)20(26)10-12-23(29)31-16/h4-8,10,12,16-18,20-21,26-27H,9,11,13-15H2,1-3H3/b12-10+/t16?,17-,18-,20+,21+/m0/s1. The largest absolute Gasteiger partial charge is 0.460 e. The maximum Gasteiger partial charge on any atom is 0.330 e. The summed E-state index contributed by atoms with van der Waals surface area (Å²) in [7, 11) is 0. The number of hydrogen-bond donors (Lipinski definition) is 2. The molecule has 1 unspecified atom stereocenters. The van der Waals surface area contributed by atoms with Crippen molar-refractivity contribution in [3.8, 4) is 0 Å². The average molecular weight is 448 g/mol. The monoisotopic (exact) mass is 447 g/mol. The molecule has 1 aromatic carbocycles. The van der Waals surface area contributed by atoms with Gasteiger partial charge >= 0.3 is 11.9 Å². The molecule has 0 saturated heterocycles. The van der Waals surface area contributed by atoms with E-state index in [1.54, 1.807) is 25.7 Å². The summed E-state index contributed by atoms with van der Waals surface area (Å²) in [4.78, 5) is 38.6. The molecule has 5 atom stereocenters. The first-order chi connectivity index (χ1) is 15.2. The number of esters is 2. The van der Waals surface area contributed by atoms with Gasteiger partial charge in [0.15, 0.2) is 0 Å². The second-order valence-corrected chi connectivity index (χ2v) is 8.17. The molecule has 2 N–H and O–H groups in total. The van der Waals surface area contributed by atoms with Gasteiger partial charge in [-0.2, -0.15) is 0 Å². The summed E-state index contributed by atoms with van der Waals surface area (Å²) in [6.45, 7) is 5.17. The van der Waals surface area contributed by atoms with Gasteiger partial charge in [-0.1, -0.05) is 30.3 Å². The van der Waals surface area contributed by atoms with Crippen LogP contribution >= 0.6 is 0 Å². The van der Waals surface area contributed by atoms with Crippen molar-refractivity contribution in [1.29, 1.82) is 0 Å². The third-order valence-corrected chi connectivity index (χ3v) is 5.50. The van der Waals surface area contributed by atoms with Gasteiger partial charge in [0.1, 0.15) is 12.2 Å². The molecule has 8 heteroatoms. The number of carbonyl (C=O) groups excluding carboxylic acids is 3. The van der Waals surface area contributed by atoms with Crippen molar-refractivity contribution in [1.82, 2.24) is 4.90 Å². The Morgan fingerprint density at radius 1 is 1.03 bits per heavy atom. The van der Waals surface area contributed by atoms with E-state index >= 15 is 0 Å². The summed E-state index contributed by atoms with van der Waals surface area (Å²) in [6.07, 6.45) is -0.725. The third-order valence-electron chi connectivity index (χ3n) is 5.50. The minimum absolute atomic E-state index is 0.0249. The van der Waals surface area contributed by atoms with E-state index < -0.39 is 42.4 Å². The molecule has 0 radical (unpaired) electrons. The van der Waals surface area contributed by atoms with Crippen molar-refractivity contribution in [2.24, 2.45) is 0 Å². The minimum Gasteiger partial charge on any atom is -0.460 e. The van der Waals surface area contributed by atoms with Gasteiger partial charge in [0, 0.05) is 19.0 Å². The highest BCUT2D eigenvalue weighted by atomic mass is 16.6. The summed E-state index contributed by atoms with van der Waals surface area (Å²) in [6, 6.07) is 9.05. The first-order valence-electron chi connectivity index (χ1n) is 10.9. The van der Waals surface area contributed by atoms with Gasteiger partial charge < -0.3 is 24.6 Å². The van der Waals surface area contributed by atoms with Crippen LogP contribution in [0.25, 0.3) is 0 Å². The zero-order valence-electron chi connectivity index (χ0n) is 18.8. The van der Waals surface area contributed by atoms with Gasteiger partial charge in [-0.3, -0.25) is 9.59 Å². The van der Waals surface area contributed by atoms with Crippen molar-refractivity contribution in [3.63, 3.8) is 0 Å². The lowest BCUT2D eigenvalue weighted by Gasteiger charge is -2.32. The van der Waals surface area contributed by atoms with Crippen molar-refractivity contribution >= 4 is 17.8 Å². The zero-order chi connectivity index (χ0) is 23.7. The second kappa shape index (κ2) is 12.4. The molecule has 1 amide bonds. The van der Waals surface area contributed by atoms with Crippen LogP contribution in [0.15, 0.2) is 42.5 Å². The van der Waals surface area contributed by atoms with Gasteiger partial charge in [0.25, 0.3) is 0 Å². The lowest BCUT2D eigenvalue weighted by Crippen LogP contribution is -2.46. The van der Waals surface area contributed by atoms with E-state index in [9.17, 15) is 24.6 Å². The molecule has 1 aliphatic heterocycles. The lowest BCUT2D eigenvalue weighted by molar-refractivity contribution is -0.158. The van der Waals surface area contributed by atoms with E-state index in [1.807, 2.05) is 30.3 Å². The second-order valence-electron chi connectivity index (χ2n) is 8.17. The molecule has 0 spiro atoms. The van der Waals surface area contributed by atoms with Crippen LogP contribution in [0.2, 0.25) is 0 Å². The number of rotatable bonds is 3. The lowest BCUT2D eigenvalue weighted by atomic mass is 10.0. The third kappa shape index (κ3) is 8.09. The van der Waals surface area contributed by atoms with Crippen LogP contribution in [-0.2, 0) is 30.3 Å². The smallest absolute Gasteiger partial charge is 0.330 e. The number of ether oxygens (including phenoxy) is 2. The quantitative estimate of drug-likeness (QED) is 0.679. The van der Waals surface area contributed by atoms with Crippen LogP contribution in [-0.4, -0.2) is 70.0 Å². The van der Waals surface area contributed by atoms with E-state index in [0.717, 1.165) is 11.6 Å². The number of benzene rings is 1. The van der Waals surface area contributed by atoms with E-state index in [-0.39, 0.29) is 25.2 Å². The Kier molecular flexibility index (Phi) is 9.87. The highest BCUT2D eigenvalue weighted by molar-refractivity contribution is 5.82. The Bertz CT molecular complexity index is 795. The minimum atomic E-state index is -1.10. The molecule has 176 valence electrons. The molecule has 8 nitrogen and oxygen atoms in total. The van der Waals surface area contributed by atoms with Gasteiger partial charge in [-0.15, -0.1) is 0 Å². The molecule has 0 aromatic heterocycles. The number of aliphatic hydroxyl groups is 2. The van der Waals surface area contributed by atoms with E-state index in [0.29, 0.717) is 13.0 Å². The van der Waals surface area contributed by atoms with Crippen molar-refractivity contribution in [2.45, 2.75) is 76.9 Å². The maximum absolute atomic E-state index is 13.0. The topological polar surface area (TPSA) is 113 Å². The number of cyclic esters (lactones) is 2. The summed E-state index contributed by atoms with van der Waals surface area (Å²) < 4.78 is 10.4. The Morgan fingerprint density at radius 3 is 2.41 bits per heavy atom. The normalized spacial score (nSPS) is 29.8. The van der Waals surface area contributed by atoms with Crippen LogP contribution in [0.1, 0.15) is 45.6 Å². The molecule has 32 heavy (non-hydrogen) atoms. The molecule has 1 aromatic rings. The predicted molar refractivity (Wildman–Crippen MR) is 117 cm³/mol. The fourth-order valence-corrected chi connectivity index (χ4v) is 3.47. The van der Waals surface area contributed by atoms with Crippen LogP contribution in [0.3, 0.4) is 0 Å². The number of aliphatic hydroxyl groups excluding tert-OH is 2. The number of hydrogen-bond acceptors (Lipinski definition) is 7. The van der Waals surface area contributed by atoms with Crippen LogP contribution < -0.4 is 0 Å². The number of nitrogens with zero attached hydrogens (tertiary/aromatic N) is 1. The molecule has 2 rings (SSSR count). The first kappa shape index (κ1) is 25.5. The SMILES string of the molecule is CC1CC(=O)O[C@@H](C)[C@H](O)CCC(=O)N(CCc2ccccc2)[C@@H](C)[C@H](O)/C=C/C(=O)O1. The number of carbonyl (C=O) groups is 3. The molecule has 0 aliphatic carbocycles. The average Bonchev–Trinajstić information content (AvgIpc) is 2.75. The van der Waals surface area contributed by atoms with Crippen LogP contribution in [0.4, 0.5) is 0 Å². The van der Waals surface area contributed by atoms with Gasteiger partial charge in [-0.05, 0) is 45.3 Å². The predicted octanol–water partition coefficient (Wildman–Crippen LogP) is 1.77. The molecular formula is C24H33NO7. The van der Waals surface area contributed by atoms with Crippen LogP contribution in [0.5, 0.6) is 0 Å². The zero-order valence-corrected chi connectivity index (χ0v) is 18.8. The fraction of sp³-hybridized carbons (Fsp3) is 0.542. The Balaban J connectivity index is 2.21. The maximum atomic E-state index is 13.0. The van der Waals surface area contributed by atoms with Gasteiger partial charge in [0.2, 0.25) is 5.91 Å². The fourth-order valence-electron chi connectivity index (χ4n) is 3.47. The van der Waals surface area contributed by atoms with E-state index in [2.05, 4.69) is 0 Å². The van der Waals surface area contributed by atoms with E-state index in [1.165, 1.54) is 6.08 Å². The van der Waals surface area contributed by atoms with Gasteiger partial charge in [0.05, 0.1) is 24.7 Å². The molecular weight excluding hydrogens is 414 g/mol. The molecule has 0 bridgehead atoms. The Hall–Kier alpha value is -2.71. The summed E-state index contributed by atoms with van der Waals surface area (Å²) >= 11 is 0. The first-order valence-corrected chi connectivity index (χ1v) is 10.9. The van der Waals surface area contributed by atoms with E-state index in [4.69, 9.17) is 9.47 Å². The highest BCUT2D eigenvalue weighted by Gasteiger charge is 2.27. The Morgan fingerprint density at radius 2 is 1.72 bits per heavy atom. The molecule has 1 heterocycles. The molecule has 0 saturated carbocycles. The summed E-state index contributed by atoms with van der Waals surface area (Å²) in [5.41, 5.74) is 1.04. The molecule has 0 fully saturated rings. The van der Waals surface area contributed by atoms with Crippen molar-refractivity contribution < 1.29 is 34.1 Å². The van der Waals surface area contributed by atoms with Crippen molar-refractivity contribution in [3.05, 3.63) is 48.0 Å². The highest BCUT2D eigenvalue weighted by Crippen LogP contribution is 2.15. The molecule has 1 aliphatic rings. The van der Waals surface area contributed by atoms with Crippen LogP contribution in [0, 0.1) is 0 Å². The van der Waals surface area contributed by atoms with Crippen molar-refractivity contribution in [2.75, 3.05) is 6.54 Å². The Labute approximate surface area is 188 Å². The number of amides is 1. The summed E-state index contributed by atoms with van der Waals surface area (Å²) in [5, 5.41) is 20.9. The van der Waals surface area contributed by atoms with Gasteiger partial charge in [-0.25, -0.2) is 4.79 Å².